The van der Waals surface area contributed by atoms with Crippen molar-refractivity contribution >= 4 is 65.0 Å². The number of pyridine rings is 3. The Morgan fingerprint density at radius 3 is 1.25 bits per heavy atom. The molecule has 264 valence electrons. The third-order valence-corrected chi connectivity index (χ3v) is 9.78. The molecule has 53 heavy (non-hydrogen) atoms. The number of hydrogen-bond donors (Lipinski definition) is 3. The van der Waals surface area contributed by atoms with Crippen LogP contribution < -0.4 is 17.2 Å². The first-order valence-corrected chi connectivity index (χ1v) is 18.2. The van der Waals surface area contributed by atoms with Gasteiger partial charge in [0, 0.05) is 44.9 Å². The standard InChI is InChI=1S/C18H20N2.C15H14N2.C14H12N2/c1-18(2,3)17(19)15-11-10-13-9-8-12-6-4-5-7-14(12)16(13)20-15;1-10(16)14-9-8-12-7-6-11-4-2-3-5-13(11)15(12)17-14;15-9-12-8-7-11-6-5-10-3-1-2-4-13(10)14(11)16-12/h4-11,17H,19H2,1-3H3;2-10H,16H2,1H3;1-8H,9,15H2. The van der Waals surface area contributed by atoms with E-state index in [2.05, 4.69) is 134 Å². The van der Waals surface area contributed by atoms with Crippen LogP contribution in [0.4, 0.5) is 0 Å². The first-order valence-electron chi connectivity index (χ1n) is 18.2. The summed E-state index contributed by atoms with van der Waals surface area (Å²) in [4.78, 5) is 14.1. The van der Waals surface area contributed by atoms with Gasteiger partial charge in [0.25, 0.3) is 0 Å². The molecule has 0 spiro atoms. The van der Waals surface area contributed by atoms with E-state index in [1.165, 1.54) is 32.3 Å². The fourth-order valence-corrected chi connectivity index (χ4v) is 6.63. The summed E-state index contributed by atoms with van der Waals surface area (Å²) in [5.74, 6) is 0. The largest absolute Gasteiger partial charge is 0.325 e. The fraction of sp³-hybridized carbons (Fsp3) is 0.170. The summed E-state index contributed by atoms with van der Waals surface area (Å²) in [6, 6.07) is 49.9. The van der Waals surface area contributed by atoms with Gasteiger partial charge in [0.15, 0.2) is 0 Å². The molecule has 9 aromatic rings. The van der Waals surface area contributed by atoms with E-state index < -0.39 is 0 Å². The molecule has 2 unspecified atom stereocenters. The van der Waals surface area contributed by atoms with Gasteiger partial charge in [0.05, 0.1) is 39.7 Å². The molecule has 6 aromatic carbocycles. The zero-order chi connectivity index (χ0) is 37.1. The molecule has 6 heteroatoms. The van der Waals surface area contributed by atoms with Gasteiger partial charge in [-0.05, 0) is 46.7 Å². The highest BCUT2D eigenvalue weighted by atomic mass is 14.8. The van der Waals surface area contributed by atoms with Gasteiger partial charge < -0.3 is 17.2 Å². The van der Waals surface area contributed by atoms with E-state index >= 15 is 0 Å². The smallest absolute Gasteiger partial charge is 0.0784 e. The van der Waals surface area contributed by atoms with Gasteiger partial charge in [0.1, 0.15) is 0 Å². The van der Waals surface area contributed by atoms with E-state index in [-0.39, 0.29) is 17.5 Å². The molecular formula is C47H46N6. The quantitative estimate of drug-likeness (QED) is 0.159. The number of rotatable bonds is 3. The number of hydrogen-bond acceptors (Lipinski definition) is 6. The zero-order valence-electron chi connectivity index (χ0n) is 30.8. The van der Waals surface area contributed by atoms with Gasteiger partial charge in [0.2, 0.25) is 0 Å². The molecule has 3 aromatic heterocycles. The number of benzene rings is 6. The Morgan fingerprint density at radius 2 is 0.811 bits per heavy atom. The van der Waals surface area contributed by atoms with Crippen LogP contribution in [0.2, 0.25) is 0 Å². The summed E-state index contributed by atoms with van der Waals surface area (Å²) in [6.07, 6.45) is 0. The molecule has 0 aliphatic heterocycles. The van der Waals surface area contributed by atoms with Gasteiger partial charge in [-0.3, -0.25) is 15.0 Å². The number of aromatic nitrogens is 3. The number of nitrogens with two attached hydrogens (primary N) is 3. The third-order valence-electron chi connectivity index (χ3n) is 9.78. The van der Waals surface area contributed by atoms with Gasteiger partial charge in [-0.2, -0.15) is 0 Å². The van der Waals surface area contributed by atoms with Gasteiger partial charge in [-0.1, -0.05) is 148 Å². The lowest BCUT2D eigenvalue weighted by molar-refractivity contribution is 0.322. The van der Waals surface area contributed by atoms with Crippen molar-refractivity contribution in [3.05, 3.63) is 163 Å². The van der Waals surface area contributed by atoms with Crippen LogP contribution >= 0.6 is 0 Å². The monoisotopic (exact) mass is 694 g/mol. The van der Waals surface area contributed by atoms with Crippen molar-refractivity contribution in [2.75, 3.05) is 0 Å². The van der Waals surface area contributed by atoms with Crippen LogP contribution in [0.3, 0.4) is 0 Å². The molecule has 0 saturated carbocycles. The minimum absolute atomic E-state index is 0.00522. The van der Waals surface area contributed by atoms with Crippen LogP contribution in [0.5, 0.6) is 0 Å². The van der Waals surface area contributed by atoms with Gasteiger partial charge in [-0.25, -0.2) is 0 Å². The molecule has 6 nitrogen and oxygen atoms in total. The molecule has 0 bridgehead atoms. The Kier molecular flexibility index (Phi) is 10.1. The highest BCUT2D eigenvalue weighted by molar-refractivity contribution is 6.06. The molecule has 0 radical (unpaired) electrons. The Hall–Kier alpha value is -5.79. The molecule has 0 aliphatic rings. The zero-order valence-corrected chi connectivity index (χ0v) is 30.8. The maximum atomic E-state index is 6.34. The highest BCUT2D eigenvalue weighted by Gasteiger charge is 2.23. The van der Waals surface area contributed by atoms with Gasteiger partial charge >= 0.3 is 0 Å². The summed E-state index contributed by atoms with van der Waals surface area (Å²) in [5.41, 5.74) is 23.8. The molecule has 9 rings (SSSR count). The molecular weight excluding hydrogens is 649 g/mol. The van der Waals surface area contributed by atoms with Crippen molar-refractivity contribution < 1.29 is 0 Å². The lowest BCUT2D eigenvalue weighted by atomic mass is 9.85. The lowest BCUT2D eigenvalue weighted by Gasteiger charge is -2.26. The van der Waals surface area contributed by atoms with E-state index in [0.717, 1.165) is 49.8 Å². The van der Waals surface area contributed by atoms with Crippen LogP contribution in [0.1, 0.15) is 56.9 Å². The first-order chi connectivity index (χ1) is 25.6. The Morgan fingerprint density at radius 1 is 0.453 bits per heavy atom. The Balaban J connectivity index is 0.000000124. The fourth-order valence-electron chi connectivity index (χ4n) is 6.63. The molecule has 2 atom stereocenters. The average molecular weight is 695 g/mol. The molecule has 0 saturated heterocycles. The van der Waals surface area contributed by atoms with Crippen LogP contribution in [-0.2, 0) is 6.54 Å². The summed E-state index contributed by atoms with van der Waals surface area (Å²) >= 11 is 0. The van der Waals surface area contributed by atoms with Crippen LogP contribution in [0.25, 0.3) is 65.0 Å². The maximum Gasteiger partial charge on any atom is 0.0784 e. The SMILES string of the molecule is CC(C)(C)C(N)c1ccc2ccc3ccccc3c2n1.CC(N)c1ccc2ccc3ccccc3c2n1.NCc1ccc2ccc3ccccc3c2n1. The van der Waals surface area contributed by atoms with Crippen molar-refractivity contribution in [2.45, 2.75) is 46.3 Å². The number of fused-ring (bicyclic) bond motifs is 9. The van der Waals surface area contributed by atoms with Crippen molar-refractivity contribution in [1.82, 2.24) is 15.0 Å². The van der Waals surface area contributed by atoms with Crippen molar-refractivity contribution in [3.63, 3.8) is 0 Å². The second kappa shape index (κ2) is 15.1. The highest BCUT2D eigenvalue weighted by Crippen LogP contribution is 2.32. The third kappa shape index (κ3) is 7.57. The second-order valence-electron chi connectivity index (χ2n) is 14.7. The number of nitrogens with zero attached hydrogens (tertiary/aromatic N) is 3. The minimum Gasteiger partial charge on any atom is -0.325 e. The first kappa shape index (κ1) is 35.6. The molecule has 0 amide bonds. The second-order valence-corrected chi connectivity index (χ2v) is 14.7. The van der Waals surface area contributed by atoms with E-state index in [9.17, 15) is 0 Å². The normalized spacial score (nSPS) is 12.7. The lowest BCUT2D eigenvalue weighted by Crippen LogP contribution is -2.27. The predicted octanol–water partition coefficient (Wildman–Crippen LogP) is 10.7. The summed E-state index contributed by atoms with van der Waals surface area (Å²) < 4.78 is 0. The van der Waals surface area contributed by atoms with E-state index in [1.807, 2.05) is 49.4 Å². The van der Waals surface area contributed by atoms with Crippen LogP contribution in [-0.4, -0.2) is 15.0 Å². The van der Waals surface area contributed by atoms with Crippen molar-refractivity contribution in [3.8, 4) is 0 Å². The Labute approximate surface area is 310 Å². The van der Waals surface area contributed by atoms with E-state index in [4.69, 9.17) is 22.2 Å². The van der Waals surface area contributed by atoms with Crippen LogP contribution in [0, 0.1) is 5.41 Å². The summed E-state index contributed by atoms with van der Waals surface area (Å²) in [7, 11) is 0. The average Bonchev–Trinajstić information content (AvgIpc) is 3.20. The molecule has 0 aliphatic carbocycles. The molecule has 3 heterocycles. The van der Waals surface area contributed by atoms with E-state index in [0.29, 0.717) is 6.54 Å². The molecule has 0 fully saturated rings. The molecule has 6 N–H and O–H groups in total. The summed E-state index contributed by atoms with van der Waals surface area (Å²) in [6.45, 7) is 8.88. The topological polar surface area (TPSA) is 117 Å². The summed E-state index contributed by atoms with van der Waals surface area (Å²) in [5, 5.41) is 10.7. The van der Waals surface area contributed by atoms with Crippen LogP contribution in [0.15, 0.2) is 146 Å². The van der Waals surface area contributed by atoms with E-state index in [1.54, 1.807) is 0 Å². The van der Waals surface area contributed by atoms with Crippen molar-refractivity contribution in [2.24, 2.45) is 22.6 Å². The predicted molar refractivity (Wildman–Crippen MR) is 225 cm³/mol. The van der Waals surface area contributed by atoms with Crippen molar-refractivity contribution in [1.29, 1.82) is 0 Å². The Bertz CT molecular complexity index is 2710. The van der Waals surface area contributed by atoms with Gasteiger partial charge in [-0.15, -0.1) is 0 Å². The maximum absolute atomic E-state index is 6.34. The minimum atomic E-state index is -0.0640.